The molecule has 0 bridgehead atoms. The molecule has 5 nitrogen and oxygen atoms in total. The fraction of sp³-hybridized carbons (Fsp3) is 0.389. The van der Waals surface area contributed by atoms with Crippen LogP contribution >= 0.6 is 0 Å². The molecule has 5 heteroatoms. The zero-order valence-electron chi connectivity index (χ0n) is 13.3. The highest BCUT2D eigenvalue weighted by molar-refractivity contribution is 6.08. The van der Waals surface area contributed by atoms with E-state index in [0.29, 0.717) is 5.56 Å². The van der Waals surface area contributed by atoms with Crippen molar-refractivity contribution in [3.05, 3.63) is 35.5 Å². The number of fused-ring (bicyclic) bond motifs is 1. The van der Waals surface area contributed by atoms with Crippen LogP contribution in [0.5, 0.6) is 0 Å². The number of imidazole rings is 1. The Labute approximate surface area is 134 Å². The number of aromatic nitrogens is 3. The number of nitrogens with zero attached hydrogens (tertiary/aromatic N) is 2. The molecule has 1 aliphatic rings. The monoisotopic (exact) mass is 309 g/mol. The summed E-state index contributed by atoms with van der Waals surface area (Å²) >= 11 is 0. The number of rotatable bonds is 3. The molecule has 0 unspecified atom stereocenters. The molecule has 0 saturated heterocycles. The Hall–Kier alpha value is -2.43. The zero-order chi connectivity index (χ0) is 16.0. The third kappa shape index (κ3) is 2.27. The highest BCUT2D eigenvalue weighted by Crippen LogP contribution is 2.34. The van der Waals surface area contributed by atoms with Gasteiger partial charge in [-0.15, -0.1) is 0 Å². The first-order valence-electron chi connectivity index (χ1n) is 8.09. The van der Waals surface area contributed by atoms with Gasteiger partial charge in [-0.05, 0) is 44.4 Å². The summed E-state index contributed by atoms with van der Waals surface area (Å²) in [5.41, 5.74) is 5.11. The number of carbonyl (C=O) groups is 1. The minimum absolute atomic E-state index is 0.134. The Bertz CT molecular complexity index is 865. The van der Waals surface area contributed by atoms with Gasteiger partial charge in [0.1, 0.15) is 5.76 Å². The quantitative estimate of drug-likeness (QED) is 0.736. The van der Waals surface area contributed by atoms with Gasteiger partial charge in [0.05, 0.1) is 23.1 Å². The summed E-state index contributed by atoms with van der Waals surface area (Å²) in [6.45, 7) is 3.81. The van der Waals surface area contributed by atoms with E-state index in [1.165, 1.54) is 0 Å². The van der Waals surface area contributed by atoms with Gasteiger partial charge in [-0.3, -0.25) is 4.79 Å². The smallest absolute Gasteiger partial charge is 0.168 e. The zero-order valence-corrected chi connectivity index (χ0v) is 13.3. The van der Waals surface area contributed by atoms with E-state index < -0.39 is 0 Å². The minimum Gasteiger partial charge on any atom is -0.361 e. The molecule has 0 aliphatic heterocycles. The van der Waals surface area contributed by atoms with E-state index in [1.807, 2.05) is 26.0 Å². The highest BCUT2D eigenvalue weighted by Gasteiger charge is 2.27. The summed E-state index contributed by atoms with van der Waals surface area (Å²) < 4.78 is 5.28. The van der Waals surface area contributed by atoms with Crippen LogP contribution in [-0.2, 0) is 0 Å². The van der Waals surface area contributed by atoms with Crippen LogP contribution in [0.3, 0.4) is 0 Å². The predicted molar refractivity (Wildman–Crippen MR) is 87.4 cm³/mol. The van der Waals surface area contributed by atoms with E-state index >= 15 is 0 Å². The number of hydrogen-bond acceptors (Lipinski definition) is 4. The number of nitrogens with one attached hydrogen (secondary N) is 1. The largest absolute Gasteiger partial charge is 0.361 e. The van der Waals surface area contributed by atoms with Crippen molar-refractivity contribution in [3.63, 3.8) is 0 Å². The predicted octanol–water partition coefficient (Wildman–Crippen LogP) is 4.21. The molecule has 0 radical (unpaired) electrons. The molecule has 4 rings (SSSR count). The second-order valence-corrected chi connectivity index (χ2v) is 6.37. The third-order valence-corrected chi connectivity index (χ3v) is 4.84. The molecule has 3 aromatic rings. The SMILES string of the molecule is Cc1noc(C)c1-c1cc(C(=O)C2CCCC2)c2nc[nH]c2c1. The van der Waals surface area contributed by atoms with Gasteiger partial charge in [0.15, 0.2) is 5.78 Å². The summed E-state index contributed by atoms with van der Waals surface area (Å²) in [4.78, 5) is 20.5. The van der Waals surface area contributed by atoms with E-state index in [4.69, 9.17) is 4.52 Å². The van der Waals surface area contributed by atoms with Crippen LogP contribution in [0.15, 0.2) is 23.0 Å². The van der Waals surface area contributed by atoms with Crippen molar-refractivity contribution < 1.29 is 9.32 Å². The van der Waals surface area contributed by atoms with Gasteiger partial charge in [0.25, 0.3) is 0 Å². The molecule has 1 aromatic carbocycles. The van der Waals surface area contributed by atoms with Crippen molar-refractivity contribution in [2.24, 2.45) is 5.92 Å². The van der Waals surface area contributed by atoms with Gasteiger partial charge < -0.3 is 9.51 Å². The number of ketones is 1. The van der Waals surface area contributed by atoms with Crippen molar-refractivity contribution >= 4 is 16.8 Å². The number of carbonyl (C=O) groups excluding carboxylic acids is 1. The van der Waals surface area contributed by atoms with Gasteiger partial charge in [-0.1, -0.05) is 18.0 Å². The minimum atomic E-state index is 0.134. The lowest BCUT2D eigenvalue weighted by atomic mass is 9.92. The average Bonchev–Trinajstić information content (AvgIpc) is 3.26. The Morgan fingerprint density at radius 3 is 2.74 bits per heavy atom. The topological polar surface area (TPSA) is 71.8 Å². The van der Waals surface area contributed by atoms with Gasteiger partial charge in [0.2, 0.25) is 0 Å². The van der Waals surface area contributed by atoms with Crippen LogP contribution in [0.4, 0.5) is 0 Å². The van der Waals surface area contributed by atoms with Gasteiger partial charge >= 0.3 is 0 Å². The summed E-state index contributed by atoms with van der Waals surface area (Å²) in [6.07, 6.45) is 5.90. The number of benzene rings is 1. The maximum Gasteiger partial charge on any atom is 0.168 e. The molecule has 2 aromatic heterocycles. The molecule has 0 amide bonds. The van der Waals surface area contributed by atoms with Crippen LogP contribution in [-0.4, -0.2) is 20.9 Å². The molecule has 1 saturated carbocycles. The number of Topliss-reactive ketones (excluding diaryl/α,β-unsaturated/α-hetero) is 1. The van der Waals surface area contributed by atoms with Crippen molar-refractivity contribution in [1.29, 1.82) is 0 Å². The summed E-state index contributed by atoms with van der Waals surface area (Å²) in [5.74, 6) is 1.11. The van der Waals surface area contributed by atoms with Crippen LogP contribution in [0.1, 0.15) is 47.5 Å². The molecule has 1 N–H and O–H groups in total. The number of hydrogen-bond donors (Lipinski definition) is 1. The van der Waals surface area contributed by atoms with Crippen LogP contribution in [0.2, 0.25) is 0 Å². The number of H-pyrrole nitrogens is 1. The first-order chi connectivity index (χ1) is 11.1. The van der Waals surface area contributed by atoms with Gasteiger partial charge in [-0.2, -0.15) is 0 Å². The van der Waals surface area contributed by atoms with E-state index in [-0.39, 0.29) is 11.7 Å². The molecule has 118 valence electrons. The van der Waals surface area contributed by atoms with Gasteiger partial charge in [0, 0.05) is 17.0 Å². The maximum absolute atomic E-state index is 13.0. The molecule has 2 heterocycles. The van der Waals surface area contributed by atoms with Crippen molar-refractivity contribution in [3.8, 4) is 11.1 Å². The fourth-order valence-electron chi connectivity index (χ4n) is 3.69. The van der Waals surface area contributed by atoms with Crippen molar-refractivity contribution in [2.75, 3.05) is 0 Å². The number of aryl methyl sites for hydroxylation is 2. The van der Waals surface area contributed by atoms with Crippen molar-refractivity contribution in [1.82, 2.24) is 15.1 Å². The Morgan fingerprint density at radius 1 is 1.26 bits per heavy atom. The van der Waals surface area contributed by atoms with E-state index in [9.17, 15) is 4.79 Å². The summed E-state index contributed by atoms with van der Waals surface area (Å²) in [6, 6.07) is 3.97. The summed E-state index contributed by atoms with van der Waals surface area (Å²) in [5, 5.41) is 4.03. The summed E-state index contributed by atoms with van der Waals surface area (Å²) in [7, 11) is 0. The third-order valence-electron chi connectivity index (χ3n) is 4.84. The normalized spacial score (nSPS) is 15.6. The van der Waals surface area contributed by atoms with Crippen LogP contribution in [0, 0.1) is 19.8 Å². The second-order valence-electron chi connectivity index (χ2n) is 6.37. The Kier molecular flexibility index (Phi) is 3.29. The number of aromatic amines is 1. The maximum atomic E-state index is 13.0. The lowest BCUT2D eigenvalue weighted by Crippen LogP contribution is -2.11. The van der Waals surface area contributed by atoms with Crippen molar-refractivity contribution in [2.45, 2.75) is 39.5 Å². The lowest BCUT2D eigenvalue weighted by molar-refractivity contribution is 0.0924. The molecule has 0 atom stereocenters. The van der Waals surface area contributed by atoms with E-state index in [1.54, 1.807) is 6.33 Å². The molecule has 0 spiro atoms. The molecule has 23 heavy (non-hydrogen) atoms. The average molecular weight is 309 g/mol. The Morgan fingerprint density at radius 2 is 2.04 bits per heavy atom. The molecular weight excluding hydrogens is 290 g/mol. The molecule has 1 aliphatic carbocycles. The Balaban J connectivity index is 1.89. The first kappa shape index (κ1) is 14.2. The van der Waals surface area contributed by atoms with Crippen LogP contribution in [0.25, 0.3) is 22.2 Å². The van der Waals surface area contributed by atoms with E-state index in [0.717, 1.165) is 59.3 Å². The highest BCUT2D eigenvalue weighted by atomic mass is 16.5. The van der Waals surface area contributed by atoms with E-state index in [2.05, 4.69) is 15.1 Å². The van der Waals surface area contributed by atoms with Gasteiger partial charge in [-0.25, -0.2) is 4.98 Å². The standard InChI is InChI=1S/C18H19N3O2/c1-10-16(11(2)23-21-10)13-7-14(17-15(8-13)19-9-20-17)18(22)12-5-3-4-6-12/h7-9,12H,3-6H2,1-2H3,(H,19,20). The molecular formula is C18H19N3O2. The fourth-order valence-corrected chi connectivity index (χ4v) is 3.69. The lowest BCUT2D eigenvalue weighted by Gasteiger charge is -2.10. The first-order valence-corrected chi connectivity index (χ1v) is 8.09. The molecule has 1 fully saturated rings. The van der Waals surface area contributed by atoms with Crippen LogP contribution < -0.4 is 0 Å². The second kappa shape index (κ2) is 5.33.